The SMILES string of the molecule is c1ccc2c(c1)CC1(CCN(CC3CCCCC3)CC1)O2. The van der Waals surface area contributed by atoms with Crippen LogP contribution >= 0.6 is 0 Å². The van der Waals surface area contributed by atoms with Gasteiger partial charge < -0.3 is 9.64 Å². The Morgan fingerprint density at radius 3 is 2.57 bits per heavy atom. The van der Waals surface area contributed by atoms with E-state index >= 15 is 0 Å². The summed E-state index contributed by atoms with van der Waals surface area (Å²) in [6.45, 7) is 3.79. The highest BCUT2D eigenvalue weighted by atomic mass is 16.5. The Morgan fingerprint density at radius 2 is 1.81 bits per heavy atom. The molecule has 1 spiro atoms. The maximum Gasteiger partial charge on any atom is 0.123 e. The molecule has 0 N–H and O–H groups in total. The predicted molar refractivity (Wildman–Crippen MR) is 85.8 cm³/mol. The molecule has 0 aromatic heterocycles. The van der Waals surface area contributed by atoms with Gasteiger partial charge in [-0.1, -0.05) is 37.5 Å². The largest absolute Gasteiger partial charge is 0.487 e. The Kier molecular flexibility index (Phi) is 3.66. The van der Waals surface area contributed by atoms with Crippen molar-refractivity contribution in [2.75, 3.05) is 19.6 Å². The molecule has 0 bridgehead atoms. The zero-order chi connectivity index (χ0) is 14.1. The van der Waals surface area contributed by atoms with Gasteiger partial charge in [-0.15, -0.1) is 0 Å². The van der Waals surface area contributed by atoms with Crippen LogP contribution < -0.4 is 4.74 Å². The third kappa shape index (κ3) is 2.83. The molecule has 2 nitrogen and oxygen atoms in total. The van der Waals surface area contributed by atoms with Gasteiger partial charge in [-0.25, -0.2) is 0 Å². The molecule has 3 aliphatic rings. The first-order valence-electron chi connectivity index (χ1n) is 8.82. The highest BCUT2D eigenvalue weighted by Crippen LogP contribution is 2.41. The molecule has 21 heavy (non-hydrogen) atoms. The van der Waals surface area contributed by atoms with Crippen molar-refractivity contribution in [2.45, 2.75) is 57.0 Å². The molecule has 0 atom stereocenters. The Labute approximate surface area is 128 Å². The second kappa shape index (κ2) is 5.64. The minimum atomic E-state index is 0.118. The van der Waals surface area contributed by atoms with Crippen molar-refractivity contribution < 1.29 is 4.74 Å². The number of ether oxygens (including phenoxy) is 1. The normalized spacial score (nSPS) is 25.7. The van der Waals surface area contributed by atoms with Crippen LogP contribution in [0.2, 0.25) is 0 Å². The summed E-state index contributed by atoms with van der Waals surface area (Å²) in [5.74, 6) is 2.10. The van der Waals surface area contributed by atoms with Crippen LogP contribution in [-0.2, 0) is 6.42 Å². The molecule has 2 heteroatoms. The van der Waals surface area contributed by atoms with Crippen LogP contribution in [0.5, 0.6) is 5.75 Å². The molecule has 0 radical (unpaired) electrons. The molecule has 2 aliphatic heterocycles. The van der Waals surface area contributed by atoms with Crippen LogP contribution in [0.4, 0.5) is 0 Å². The molecule has 0 unspecified atom stereocenters. The monoisotopic (exact) mass is 285 g/mol. The van der Waals surface area contributed by atoms with Crippen molar-refractivity contribution in [1.29, 1.82) is 0 Å². The number of para-hydroxylation sites is 1. The van der Waals surface area contributed by atoms with Crippen LogP contribution in [0, 0.1) is 5.92 Å². The smallest absolute Gasteiger partial charge is 0.123 e. The molecule has 0 amide bonds. The summed E-state index contributed by atoms with van der Waals surface area (Å²) < 4.78 is 6.35. The lowest BCUT2D eigenvalue weighted by Crippen LogP contribution is -2.48. The van der Waals surface area contributed by atoms with E-state index in [1.54, 1.807) is 0 Å². The standard InChI is InChI=1S/C19H27NO/c1-2-6-16(7-3-1)15-20-12-10-19(11-13-20)14-17-8-4-5-9-18(17)21-19/h4-5,8-9,16H,1-3,6-7,10-15H2. The molecule has 1 aromatic rings. The summed E-state index contributed by atoms with van der Waals surface area (Å²) in [6, 6.07) is 8.60. The fourth-order valence-corrected chi connectivity index (χ4v) is 4.52. The first-order chi connectivity index (χ1) is 10.3. The highest BCUT2D eigenvalue weighted by molar-refractivity contribution is 5.39. The molecule has 2 heterocycles. The maximum absolute atomic E-state index is 6.35. The second-order valence-corrected chi connectivity index (χ2v) is 7.37. The van der Waals surface area contributed by atoms with E-state index in [0.29, 0.717) is 0 Å². The molecule has 1 saturated carbocycles. The van der Waals surface area contributed by atoms with Crippen molar-refractivity contribution >= 4 is 0 Å². The minimum absolute atomic E-state index is 0.118. The van der Waals surface area contributed by atoms with E-state index in [2.05, 4.69) is 29.2 Å². The van der Waals surface area contributed by atoms with Crippen LogP contribution in [0.25, 0.3) is 0 Å². The van der Waals surface area contributed by atoms with Gasteiger partial charge in [-0.05, 0) is 30.4 Å². The summed E-state index contributed by atoms with van der Waals surface area (Å²) in [6.07, 6.45) is 10.8. The molecule has 1 aliphatic carbocycles. The molecule has 1 saturated heterocycles. The van der Waals surface area contributed by atoms with E-state index in [0.717, 1.165) is 18.1 Å². The second-order valence-electron chi connectivity index (χ2n) is 7.37. The van der Waals surface area contributed by atoms with E-state index in [1.807, 2.05) is 0 Å². The number of likely N-dealkylation sites (tertiary alicyclic amines) is 1. The van der Waals surface area contributed by atoms with E-state index in [1.165, 1.54) is 70.1 Å². The lowest BCUT2D eigenvalue weighted by molar-refractivity contribution is 0.0132. The zero-order valence-corrected chi connectivity index (χ0v) is 13.0. The summed E-state index contributed by atoms with van der Waals surface area (Å²) in [4.78, 5) is 2.70. The van der Waals surface area contributed by atoms with Crippen LogP contribution in [-0.4, -0.2) is 30.1 Å². The van der Waals surface area contributed by atoms with Gasteiger partial charge in [-0.2, -0.15) is 0 Å². The number of piperidine rings is 1. The lowest BCUT2D eigenvalue weighted by atomic mass is 9.85. The molecular weight excluding hydrogens is 258 g/mol. The Morgan fingerprint density at radius 1 is 1.05 bits per heavy atom. The minimum Gasteiger partial charge on any atom is -0.487 e. The third-order valence-corrected chi connectivity index (χ3v) is 5.82. The number of hydrogen-bond acceptors (Lipinski definition) is 2. The average molecular weight is 285 g/mol. The number of hydrogen-bond donors (Lipinski definition) is 0. The molecule has 2 fully saturated rings. The quantitative estimate of drug-likeness (QED) is 0.813. The average Bonchev–Trinajstić information content (AvgIpc) is 2.89. The first kappa shape index (κ1) is 13.6. The van der Waals surface area contributed by atoms with Gasteiger partial charge in [0.2, 0.25) is 0 Å². The van der Waals surface area contributed by atoms with E-state index in [4.69, 9.17) is 4.74 Å². The van der Waals surface area contributed by atoms with E-state index < -0.39 is 0 Å². The van der Waals surface area contributed by atoms with Crippen LogP contribution in [0.3, 0.4) is 0 Å². The Balaban J connectivity index is 1.33. The fraction of sp³-hybridized carbons (Fsp3) is 0.684. The van der Waals surface area contributed by atoms with Gasteiger partial charge in [0.15, 0.2) is 0 Å². The maximum atomic E-state index is 6.35. The van der Waals surface area contributed by atoms with Gasteiger partial charge in [0.1, 0.15) is 11.4 Å². The van der Waals surface area contributed by atoms with Gasteiger partial charge in [-0.3, -0.25) is 0 Å². The molecule has 114 valence electrons. The van der Waals surface area contributed by atoms with Crippen LogP contribution in [0.15, 0.2) is 24.3 Å². The van der Waals surface area contributed by atoms with Crippen molar-refractivity contribution in [3.05, 3.63) is 29.8 Å². The number of rotatable bonds is 2. The summed E-state index contributed by atoms with van der Waals surface area (Å²) in [5, 5.41) is 0. The molecule has 1 aromatic carbocycles. The van der Waals surface area contributed by atoms with Gasteiger partial charge in [0.05, 0.1) is 0 Å². The van der Waals surface area contributed by atoms with Crippen LogP contribution in [0.1, 0.15) is 50.5 Å². The van der Waals surface area contributed by atoms with E-state index in [9.17, 15) is 0 Å². The zero-order valence-electron chi connectivity index (χ0n) is 13.0. The summed E-state index contributed by atoms with van der Waals surface area (Å²) in [7, 11) is 0. The van der Waals surface area contributed by atoms with E-state index in [-0.39, 0.29) is 5.60 Å². The molecule has 4 rings (SSSR count). The Bertz CT molecular complexity index is 457. The van der Waals surface area contributed by atoms with Crippen molar-refractivity contribution in [3.8, 4) is 5.75 Å². The van der Waals surface area contributed by atoms with Crippen molar-refractivity contribution in [3.63, 3.8) is 0 Å². The lowest BCUT2D eigenvalue weighted by Gasteiger charge is -2.40. The van der Waals surface area contributed by atoms with Crippen molar-refractivity contribution in [1.82, 2.24) is 4.90 Å². The topological polar surface area (TPSA) is 12.5 Å². The Hall–Kier alpha value is -1.02. The highest BCUT2D eigenvalue weighted by Gasteiger charge is 2.41. The summed E-state index contributed by atoms with van der Waals surface area (Å²) in [5.41, 5.74) is 1.53. The third-order valence-electron chi connectivity index (χ3n) is 5.82. The number of nitrogens with zero attached hydrogens (tertiary/aromatic N) is 1. The van der Waals surface area contributed by atoms with Gasteiger partial charge >= 0.3 is 0 Å². The van der Waals surface area contributed by atoms with Gasteiger partial charge in [0.25, 0.3) is 0 Å². The van der Waals surface area contributed by atoms with Gasteiger partial charge in [0, 0.05) is 38.9 Å². The first-order valence-corrected chi connectivity index (χ1v) is 8.82. The summed E-state index contributed by atoms with van der Waals surface area (Å²) >= 11 is 0. The molecular formula is C19H27NO. The van der Waals surface area contributed by atoms with Crippen molar-refractivity contribution in [2.24, 2.45) is 5.92 Å². The fourth-order valence-electron chi connectivity index (χ4n) is 4.52. The number of benzene rings is 1. The number of fused-ring (bicyclic) bond motifs is 1. The predicted octanol–water partition coefficient (Wildman–Crippen LogP) is 4.04.